The van der Waals surface area contributed by atoms with Crippen LogP contribution in [0.5, 0.6) is 11.5 Å². The van der Waals surface area contributed by atoms with E-state index in [1.807, 2.05) is 31.2 Å². The third kappa shape index (κ3) is 9.51. The molecule has 2 aromatic carbocycles. The summed E-state index contributed by atoms with van der Waals surface area (Å²) in [4.78, 5) is 0. The van der Waals surface area contributed by atoms with Gasteiger partial charge in [0.05, 0.1) is 19.8 Å². The maximum absolute atomic E-state index is 14.5. The summed E-state index contributed by atoms with van der Waals surface area (Å²) in [5.74, 6) is 0.956. The zero-order valence-electron chi connectivity index (χ0n) is 18.6. The molecule has 31 heavy (non-hydrogen) atoms. The number of hydrogen-bond donors (Lipinski definition) is 1. The van der Waals surface area contributed by atoms with Crippen LogP contribution in [-0.2, 0) is 9.47 Å². The van der Waals surface area contributed by atoms with E-state index in [9.17, 15) is 4.39 Å². The maximum atomic E-state index is 14.5. The van der Waals surface area contributed by atoms with Gasteiger partial charge in [-0.25, -0.2) is 4.39 Å². The van der Waals surface area contributed by atoms with Crippen molar-refractivity contribution in [1.29, 1.82) is 0 Å². The van der Waals surface area contributed by atoms with Crippen molar-refractivity contribution in [3.05, 3.63) is 60.4 Å². The Balaban J connectivity index is 1.69. The van der Waals surface area contributed by atoms with Crippen molar-refractivity contribution >= 4 is 0 Å². The van der Waals surface area contributed by atoms with E-state index in [2.05, 4.69) is 18.8 Å². The molecule has 0 aliphatic heterocycles. The SMILES string of the molecule is C=C(CNCC)COCOCCOc1ccc(-c2ccc(OCCCC)cc2F)cc1. The Morgan fingerprint density at radius 1 is 0.935 bits per heavy atom. The number of unbranched alkanes of at least 4 members (excludes halogenated alkanes) is 1. The highest BCUT2D eigenvalue weighted by Gasteiger charge is 2.07. The van der Waals surface area contributed by atoms with Gasteiger partial charge in [-0.3, -0.25) is 0 Å². The fraction of sp³-hybridized carbons (Fsp3) is 0.440. The summed E-state index contributed by atoms with van der Waals surface area (Å²) in [5.41, 5.74) is 2.30. The van der Waals surface area contributed by atoms with Crippen LogP contribution < -0.4 is 14.8 Å². The minimum absolute atomic E-state index is 0.199. The van der Waals surface area contributed by atoms with Crippen LogP contribution in [0.1, 0.15) is 26.7 Å². The molecule has 0 atom stereocenters. The predicted molar refractivity (Wildman–Crippen MR) is 122 cm³/mol. The van der Waals surface area contributed by atoms with Gasteiger partial charge in [0.2, 0.25) is 0 Å². The highest BCUT2D eigenvalue weighted by atomic mass is 19.1. The van der Waals surface area contributed by atoms with Crippen molar-refractivity contribution in [2.45, 2.75) is 26.7 Å². The van der Waals surface area contributed by atoms with Crippen LogP contribution in [0.25, 0.3) is 11.1 Å². The molecule has 2 aromatic rings. The van der Waals surface area contributed by atoms with Crippen LogP contribution in [0.2, 0.25) is 0 Å². The van der Waals surface area contributed by atoms with E-state index in [4.69, 9.17) is 18.9 Å². The summed E-state index contributed by atoms with van der Waals surface area (Å²) >= 11 is 0. The van der Waals surface area contributed by atoms with E-state index in [1.54, 1.807) is 12.1 Å². The monoisotopic (exact) mass is 431 g/mol. The van der Waals surface area contributed by atoms with Crippen LogP contribution in [0.4, 0.5) is 4.39 Å². The average Bonchev–Trinajstić information content (AvgIpc) is 2.78. The van der Waals surface area contributed by atoms with Gasteiger partial charge in [-0.15, -0.1) is 0 Å². The number of halogens is 1. The summed E-state index contributed by atoms with van der Waals surface area (Å²) in [6.45, 7) is 11.8. The Bertz CT molecular complexity index is 780. The molecule has 0 aliphatic rings. The van der Waals surface area contributed by atoms with Crippen LogP contribution in [0, 0.1) is 5.82 Å². The van der Waals surface area contributed by atoms with Crippen LogP contribution >= 0.6 is 0 Å². The van der Waals surface area contributed by atoms with Crippen molar-refractivity contribution < 1.29 is 23.3 Å². The standard InChI is InChI=1S/C25H34FNO4/c1-4-6-13-30-23-11-12-24(25(26)16-23)21-7-9-22(10-8-21)31-15-14-28-19-29-18-20(3)17-27-5-2/h7-12,16,27H,3-6,13-15,17-19H2,1-2H3. The first-order valence-corrected chi connectivity index (χ1v) is 10.8. The molecule has 5 nitrogen and oxygen atoms in total. The lowest BCUT2D eigenvalue weighted by molar-refractivity contribution is -0.0532. The first-order chi connectivity index (χ1) is 15.1. The quantitative estimate of drug-likeness (QED) is 0.225. The summed E-state index contributed by atoms with van der Waals surface area (Å²) in [6.07, 6.45) is 2.00. The third-order valence-electron chi connectivity index (χ3n) is 4.47. The molecule has 0 spiro atoms. The van der Waals surface area contributed by atoms with Gasteiger partial charge in [0.25, 0.3) is 0 Å². The second-order valence-corrected chi connectivity index (χ2v) is 7.12. The van der Waals surface area contributed by atoms with Crippen LogP contribution in [0.3, 0.4) is 0 Å². The molecule has 0 aromatic heterocycles. The van der Waals surface area contributed by atoms with E-state index in [1.165, 1.54) is 6.07 Å². The van der Waals surface area contributed by atoms with Crippen molar-refractivity contribution in [3.8, 4) is 22.6 Å². The molecule has 2 rings (SSSR count). The fourth-order valence-corrected chi connectivity index (χ4v) is 2.76. The molecule has 0 aliphatic carbocycles. The molecule has 0 bridgehead atoms. The second-order valence-electron chi connectivity index (χ2n) is 7.12. The minimum atomic E-state index is -0.302. The summed E-state index contributed by atoms with van der Waals surface area (Å²) in [5, 5.41) is 3.19. The Labute approximate surface area is 185 Å². The first-order valence-electron chi connectivity index (χ1n) is 10.8. The number of rotatable bonds is 16. The Kier molecular flexibility index (Phi) is 11.7. The molecular weight excluding hydrogens is 397 g/mol. The molecular formula is C25H34FNO4. The number of likely N-dealkylation sites (N-methyl/N-ethyl adjacent to an activating group) is 1. The molecule has 0 unspecified atom stereocenters. The van der Waals surface area contributed by atoms with Gasteiger partial charge in [0.1, 0.15) is 30.7 Å². The lowest BCUT2D eigenvalue weighted by Gasteiger charge is -2.11. The maximum Gasteiger partial charge on any atom is 0.147 e. The normalized spacial score (nSPS) is 10.8. The van der Waals surface area contributed by atoms with Crippen molar-refractivity contribution in [1.82, 2.24) is 5.32 Å². The highest BCUT2D eigenvalue weighted by molar-refractivity contribution is 5.65. The van der Waals surface area contributed by atoms with Gasteiger partial charge in [-0.1, -0.05) is 39.0 Å². The number of benzene rings is 2. The Hall–Kier alpha value is -2.41. The third-order valence-corrected chi connectivity index (χ3v) is 4.47. The summed E-state index contributed by atoms with van der Waals surface area (Å²) < 4.78 is 36.5. The summed E-state index contributed by atoms with van der Waals surface area (Å²) in [7, 11) is 0. The van der Waals surface area contributed by atoms with Crippen molar-refractivity contribution in [2.75, 3.05) is 46.3 Å². The zero-order valence-corrected chi connectivity index (χ0v) is 18.6. The molecule has 0 fully saturated rings. The van der Waals surface area contributed by atoms with Gasteiger partial charge in [-0.05, 0) is 48.4 Å². The van der Waals surface area contributed by atoms with Gasteiger partial charge < -0.3 is 24.3 Å². The first kappa shape index (κ1) is 24.9. The Morgan fingerprint density at radius 3 is 2.39 bits per heavy atom. The topological polar surface area (TPSA) is 49.0 Å². The van der Waals surface area contributed by atoms with Crippen molar-refractivity contribution in [3.63, 3.8) is 0 Å². The van der Waals surface area contributed by atoms with Gasteiger partial charge in [-0.2, -0.15) is 0 Å². The molecule has 0 saturated carbocycles. The summed E-state index contributed by atoms with van der Waals surface area (Å²) in [6, 6.07) is 12.3. The molecule has 1 N–H and O–H groups in total. The lowest BCUT2D eigenvalue weighted by Crippen LogP contribution is -2.18. The van der Waals surface area contributed by atoms with Crippen LogP contribution in [0.15, 0.2) is 54.6 Å². The van der Waals surface area contributed by atoms with E-state index < -0.39 is 0 Å². The van der Waals surface area contributed by atoms with Gasteiger partial charge >= 0.3 is 0 Å². The number of nitrogens with one attached hydrogen (secondary N) is 1. The number of hydrogen-bond acceptors (Lipinski definition) is 5. The second kappa shape index (κ2) is 14.6. The predicted octanol–water partition coefficient (Wildman–Crippen LogP) is 5.21. The van der Waals surface area contributed by atoms with E-state index >= 15 is 0 Å². The van der Waals surface area contributed by atoms with E-state index in [0.29, 0.717) is 43.5 Å². The van der Waals surface area contributed by atoms with Gasteiger partial charge in [0, 0.05) is 18.2 Å². The smallest absolute Gasteiger partial charge is 0.147 e. The average molecular weight is 432 g/mol. The Morgan fingerprint density at radius 2 is 1.68 bits per heavy atom. The fourth-order valence-electron chi connectivity index (χ4n) is 2.76. The van der Waals surface area contributed by atoms with E-state index in [-0.39, 0.29) is 12.6 Å². The van der Waals surface area contributed by atoms with Crippen molar-refractivity contribution in [2.24, 2.45) is 0 Å². The van der Waals surface area contributed by atoms with Crippen LogP contribution in [-0.4, -0.2) is 46.3 Å². The zero-order chi connectivity index (χ0) is 22.3. The minimum Gasteiger partial charge on any atom is -0.493 e. The molecule has 0 saturated heterocycles. The lowest BCUT2D eigenvalue weighted by atomic mass is 10.0. The molecule has 0 amide bonds. The molecule has 170 valence electrons. The molecule has 0 radical (unpaired) electrons. The largest absolute Gasteiger partial charge is 0.493 e. The van der Waals surface area contributed by atoms with E-state index in [0.717, 1.165) is 37.1 Å². The molecule has 0 heterocycles. The van der Waals surface area contributed by atoms with Gasteiger partial charge in [0.15, 0.2) is 0 Å². The molecule has 6 heteroatoms. The number of ether oxygens (including phenoxy) is 4. The highest BCUT2D eigenvalue weighted by Crippen LogP contribution is 2.28.